The minimum Gasteiger partial charge on any atom is -0.496 e. The van der Waals surface area contributed by atoms with E-state index in [0.717, 1.165) is 0 Å². The molecule has 1 N–H and O–H groups in total. The third-order valence-electron chi connectivity index (χ3n) is 4.61. The first-order chi connectivity index (χ1) is 12.7. The van der Waals surface area contributed by atoms with Crippen LogP contribution in [0.5, 0.6) is 11.5 Å². The third kappa shape index (κ3) is 3.33. The number of aromatic nitrogens is 1. The predicted molar refractivity (Wildman–Crippen MR) is 99.7 cm³/mol. The maximum atomic E-state index is 12.8. The van der Waals surface area contributed by atoms with Crippen molar-refractivity contribution in [1.82, 2.24) is 8.87 Å². The summed E-state index contributed by atoms with van der Waals surface area (Å²) in [6.45, 7) is 1.81. The van der Waals surface area contributed by atoms with E-state index >= 15 is 0 Å². The first-order valence-corrected chi connectivity index (χ1v) is 9.75. The van der Waals surface area contributed by atoms with E-state index in [1.807, 2.05) is 0 Å². The molecule has 1 saturated heterocycles. The molecule has 0 saturated carbocycles. The standard InChI is InChI=1S/C18H22N2O6S/c1-11-5-12(8-19(2)18(11)22)14-6-16(26-4)17(7-15(14)25-3)27(23,24)20-9-13(21)10-20/h5-8,13,21H,9-10H2,1-4H3. The summed E-state index contributed by atoms with van der Waals surface area (Å²) in [4.78, 5) is 11.9. The normalized spacial score (nSPS) is 15.4. The first kappa shape index (κ1) is 19.4. The number of ether oxygens (including phenoxy) is 2. The van der Waals surface area contributed by atoms with Gasteiger partial charge in [0.25, 0.3) is 5.56 Å². The maximum Gasteiger partial charge on any atom is 0.253 e. The summed E-state index contributed by atoms with van der Waals surface area (Å²) in [5, 5.41) is 9.43. The van der Waals surface area contributed by atoms with Crippen LogP contribution in [0.4, 0.5) is 0 Å². The molecule has 146 valence electrons. The van der Waals surface area contributed by atoms with E-state index < -0.39 is 16.1 Å². The topological polar surface area (TPSA) is 98.1 Å². The van der Waals surface area contributed by atoms with Gasteiger partial charge in [-0.25, -0.2) is 8.42 Å². The highest BCUT2D eigenvalue weighted by Gasteiger charge is 2.37. The second kappa shape index (κ2) is 6.99. The van der Waals surface area contributed by atoms with Crippen LogP contribution in [0.1, 0.15) is 5.56 Å². The van der Waals surface area contributed by atoms with Crippen molar-refractivity contribution in [3.8, 4) is 22.6 Å². The van der Waals surface area contributed by atoms with Crippen LogP contribution in [-0.2, 0) is 17.1 Å². The number of hydrogen-bond donors (Lipinski definition) is 1. The third-order valence-corrected chi connectivity index (χ3v) is 6.46. The molecule has 2 aromatic rings. The largest absolute Gasteiger partial charge is 0.496 e. The van der Waals surface area contributed by atoms with Gasteiger partial charge < -0.3 is 19.1 Å². The summed E-state index contributed by atoms with van der Waals surface area (Å²) in [5.41, 5.74) is 1.76. The Bertz CT molecular complexity index is 1010. The molecule has 1 aromatic heterocycles. The number of hydrogen-bond acceptors (Lipinski definition) is 6. The van der Waals surface area contributed by atoms with Crippen molar-refractivity contribution in [3.63, 3.8) is 0 Å². The van der Waals surface area contributed by atoms with Crippen LogP contribution < -0.4 is 15.0 Å². The molecule has 0 atom stereocenters. The number of aliphatic hydroxyl groups excluding tert-OH is 1. The molecule has 0 bridgehead atoms. The number of methoxy groups -OCH3 is 2. The van der Waals surface area contributed by atoms with Crippen molar-refractivity contribution in [2.75, 3.05) is 27.3 Å². The number of pyridine rings is 1. The minimum absolute atomic E-state index is 0.0287. The maximum absolute atomic E-state index is 12.8. The fraction of sp³-hybridized carbons (Fsp3) is 0.389. The Kier molecular flexibility index (Phi) is 5.02. The molecule has 9 heteroatoms. The number of sulfonamides is 1. The molecule has 0 aliphatic carbocycles. The van der Waals surface area contributed by atoms with E-state index in [9.17, 15) is 18.3 Å². The fourth-order valence-corrected chi connectivity index (χ4v) is 4.74. The Hall–Kier alpha value is -2.36. The van der Waals surface area contributed by atoms with E-state index in [4.69, 9.17) is 9.47 Å². The van der Waals surface area contributed by atoms with Crippen molar-refractivity contribution in [1.29, 1.82) is 0 Å². The molecule has 8 nitrogen and oxygen atoms in total. The summed E-state index contributed by atoms with van der Waals surface area (Å²) < 4.78 is 39.1. The van der Waals surface area contributed by atoms with Crippen LogP contribution in [-0.4, -0.2) is 55.8 Å². The van der Waals surface area contributed by atoms with E-state index in [-0.39, 0.29) is 29.3 Å². The lowest BCUT2D eigenvalue weighted by atomic mass is 10.0. The Morgan fingerprint density at radius 1 is 1.11 bits per heavy atom. The highest BCUT2D eigenvalue weighted by Crippen LogP contribution is 2.39. The predicted octanol–water partition coefficient (Wildman–Crippen LogP) is 0.743. The molecule has 0 radical (unpaired) electrons. The van der Waals surface area contributed by atoms with Crippen LogP contribution in [0.3, 0.4) is 0 Å². The van der Waals surface area contributed by atoms with E-state index in [2.05, 4.69) is 0 Å². The zero-order chi connectivity index (χ0) is 19.9. The number of nitrogens with zero attached hydrogens (tertiary/aromatic N) is 2. The molecule has 1 aliphatic heterocycles. The molecule has 1 aliphatic rings. The van der Waals surface area contributed by atoms with E-state index in [1.54, 1.807) is 32.3 Å². The van der Waals surface area contributed by atoms with Gasteiger partial charge in [-0.2, -0.15) is 4.31 Å². The lowest BCUT2D eigenvalue weighted by Crippen LogP contribution is -2.53. The van der Waals surface area contributed by atoms with Gasteiger partial charge in [0.2, 0.25) is 10.0 Å². The zero-order valence-corrected chi connectivity index (χ0v) is 16.4. The molecule has 0 unspecified atom stereocenters. The van der Waals surface area contributed by atoms with Gasteiger partial charge in [0.1, 0.15) is 16.4 Å². The Morgan fingerprint density at radius 3 is 2.26 bits per heavy atom. The van der Waals surface area contributed by atoms with Gasteiger partial charge in [-0.1, -0.05) is 0 Å². The molecule has 0 amide bonds. The SMILES string of the molecule is COc1cc(S(=O)(=O)N2CC(O)C2)c(OC)cc1-c1cc(C)c(=O)n(C)c1. The second-order valence-corrected chi connectivity index (χ2v) is 8.41. The van der Waals surface area contributed by atoms with E-state index in [0.29, 0.717) is 22.4 Å². The van der Waals surface area contributed by atoms with Crippen molar-refractivity contribution >= 4 is 10.0 Å². The quantitative estimate of drug-likeness (QED) is 0.803. The van der Waals surface area contributed by atoms with Crippen LogP contribution in [0, 0.1) is 6.92 Å². The number of benzene rings is 1. The zero-order valence-electron chi connectivity index (χ0n) is 15.6. The number of rotatable bonds is 5. The van der Waals surface area contributed by atoms with Crippen LogP contribution in [0.25, 0.3) is 11.1 Å². The lowest BCUT2D eigenvalue weighted by Gasteiger charge is -2.35. The van der Waals surface area contributed by atoms with Crippen molar-refractivity contribution in [2.24, 2.45) is 7.05 Å². The van der Waals surface area contributed by atoms with Gasteiger partial charge in [0.15, 0.2) is 0 Å². The Balaban J connectivity index is 2.17. The monoisotopic (exact) mass is 394 g/mol. The summed E-state index contributed by atoms with van der Waals surface area (Å²) in [7, 11) is 0.669. The average Bonchev–Trinajstić information content (AvgIpc) is 2.61. The molecule has 1 fully saturated rings. The molecule has 27 heavy (non-hydrogen) atoms. The Labute approximate surface area is 157 Å². The summed E-state index contributed by atoms with van der Waals surface area (Å²) in [6.07, 6.45) is 1.01. The van der Waals surface area contributed by atoms with Gasteiger partial charge in [0, 0.05) is 49.1 Å². The summed E-state index contributed by atoms with van der Waals surface area (Å²) in [6, 6.07) is 4.72. The minimum atomic E-state index is -3.82. The average molecular weight is 394 g/mol. The van der Waals surface area contributed by atoms with Gasteiger partial charge in [-0.05, 0) is 19.1 Å². The van der Waals surface area contributed by atoms with Crippen molar-refractivity contribution < 1.29 is 23.0 Å². The van der Waals surface area contributed by atoms with E-state index in [1.165, 1.54) is 29.2 Å². The van der Waals surface area contributed by atoms with Crippen molar-refractivity contribution in [3.05, 3.63) is 40.3 Å². The molecule has 2 heterocycles. The number of aliphatic hydroxyl groups is 1. The molecule has 0 spiro atoms. The van der Waals surface area contributed by atoms with Crippen LogP contribution >= 0.6 is 0 Å². The van der Waals surface area contributed by atoms with Crippen molar-refractivity contribution in [2.45, 2.75) is 17.9 Å². The molecule has 3 rings (SSSR count). The molecular weight excluding hydrogens is 372 g/mol. The smallest absolute Gasteiger partial charge is 0.253 e. The highest BCUT2D eigenvalue weighted by atomic mass is 32.2. The van der Waals surface area contributed by atoms with Gasteiger partial charge in [-0.3, -0.25) is 4.79 Å². The van der Waals surface area contributed by atoms with Crippen LogP contribution in [0.2, 0.25) is 0 Å². The summed E-state index contributed by atoms with van der Waals surface area (Å²) in [5.74, 6) is 0.507. The van der Waals surface area contributed by atoms with Gasteiger partial charge in [-0.15, -0.1) is 0 Å². The van der Waals surface area contributed by atoms with Crippen LogP contribution in [0.15, 0.2) is 34.1 Å². The molecule has 1 aromatic carbocycles. The number of β-amino-alcohol motifs (C(OH)–C–C–N with tert-alkyl or cyclic N) is 1. The van der Waals surface area contributed by atoms with Gasteiger partial charge >= 0.3 is 0 Å². The number of aryl methyl sites for hydroxylation is 2. The second-order valence-electron chi connectivity index (χ2n) is 6.51. The lowest BCUT2D eigenvalue weighted by molar-refractivity contribution is 0.0547. The molecular formula is C18H22N2O6S. The first-order valence-electron chi connectivity index (χ1n) is 8.31. The highest BCUT2D eigenvalue weighted by molar-refractivity contribution is 7.89. The summed E-state index contributed by atoms with van der Waals surface area (Å²) >= 11 is 0. The fourth-order valence-electron chi connectivity index (χ4n) is 3.07. The Morgan fingerprint density at radius 2 is 1.74 bits per heavy atom. The van der Waals surface area contributed by atoms with Gasteiger partial charge in [0.05, 0.1) is 20.3 Å².